The summed E-state index contributed by atoms with van der Waals surface area (Å²) in [6.45, 7) is 0. The fraction of sp³-hybridized carbons (Fsp3) is 0.875. The number of carboxylic acid groups (broad SMARTS) is 1. The topological polar surface area (TPSA) is 63.3 Å². The first-order chi connectivity index (χ1) is 6.26. The Kier molecular flexibility index (Phi) is 2.76. The van der Waals surface area contributed by atoms with Crippen LogP contribution in [-0.2, 0) is 4.79 Å². The molecule has 0 saturated heterocycles. The lowest BCUT2D eigenvalue weighted by atomic mass is 9.76. The average Bonchev–Trinajstić information content (AvgIpc) is 2.02. The molecule has 0 unspecified atom stereocenters. The summed E-state index contributed by atoms with van der Waals surface area (Å²) < 4.78 is 36.9. The van der Waals surface area contributed by atoms with Crippen LogP contribution in [0.25, 0.3) is 0 Å². The smallest absolute Gasteiger partial charge is 0.391 e. The Hall–Kier alpha value is -0.780. The Balaban J connectivity index is 2.74. The maximum absolute atomic E-state index is 12.3. The number of hydrogen-bond donors (Lipinski definition) is 2. The lowest BCUT2D eigenvalue weighted by Crippen LogP contribution is -2.53. The van der Waals surface area contributed by atoms with Gasteiger partial charge in [0.1, 0.15) is 5.54 Å². The highest BCUT2D eigenvalue weighted by Gasteiger charge is 2.49. The lowest BCUT2D eigenvalue weighted by Gasteiger charge is -2.35. The van der Waals surface area contributed by atoms with Crippen LogP contribution in [0.4, 0.5) is 13.2 Å². The van der Waals surface area contributed by atoms with Crippen molar-refractivity contribution < 1.29 is 23.1 Å². The number of hydrogen-bond acceptors (Lipinski definition) is 2. The van der Waals surface area contributed by atoms with Gasteiger partial charge in [0.2, 0.25) is 0 Å². The standard InChI is InChI=1S/C8H12F3NO2/c9-8(10,11)5-2-1-3-7(12,4-5)6(13)14/h5H,1-4,12H2,(H,13,14)/t5-,7-/m0/s1. The van der Waals surface area contributed by atoms with E-state index in [-0.39, 0.29) is 19.3 Å². The number of carbonyl (C=O) groups is 1. The van der Waals surface area contributed by atoms with Gasteiger partial charge in [-0.05, 0) is 19.3 Å². The minimum atomic E-state index is -4.33. The van der Waals surface area contributed by atoms with Gasteiger partial charge in [-0.3, -0.25) is 4.79 Å². The van der Waals surface area contributed by atoms with Crippen molar-refractivity contribution in [1.29, 1.82) is 0 Å². The molecule has 1 aliphatic carbocycles. The predicted octanol–water partition coefficient (Wildman–Crippen LogP) is 1.52. The third kappa shape index (κ3) is 2.17. The summed E-state index contributed by atoms with van der Waals surface area (Å²) in [4.78, 5) is 10.7. The molecule has 1 saturated carbocycles. The Morgan fingerprint density at radius 1 is 1.50 bits per heavy atom. The SMILES string of the molecule is N[C@@]1(C(=O)O)CCC[C@H](C(F)(F)F)C1. The van der Waals surface area contributed by atoms with Crippen LogP contribution >= 0.6 is 0 Å². The van der Waals surface area contributed by atoms with Crippen molar-refractivity contribution >= 4 is 5.97 Å². The second kappa shape index (κ2) is 3.42. The van der Waals surface area contributed by atoms with Crippen molar-refractivity contribution in [2.75, 3.05) is 0 Å². The maximum Gasteiger partial charge on any atom is 0.391 e. The van der Waals surface area contributed by atoms with Gasteiger partial charge in [0.15, 0.2) is 0 Å². The van der Waals surface area contributed by atoms with E-state index < -0.39 is 30.0 Å². The number of nitrogens with two attached hydrogens (primary N) is 1. The van der Waals surface area contributed by atoms with E-state index in [1.54, 1.807) is 0 Å². The molecule has 0 radical (unpaired) electrons. The molecule has 0 aromatic heterocycles. The largest absolute Gasteiger partial charge is 0.480 e. The van der Waals surface area contributed by atoms with Crippen molar-refractivity contribution in [3.8, 4) is 0 Å². The highest BCUT2D eigenvalue weighted by molar-refractivity contribution is 5.78. The number of aliphatic carboxylic acids is 1. The third-order valence-electron chi connectivity index (χ3n) is 2.67. The van der Waals surface area contributed by atoms with E-state index in [9.17, 15) is 18.0 Å². The summed E-state index contributed by atoms with van der Waals surface area (Å²) in [7, 11) is 0. The summed E-state index contributed by atoms with van der Waals surface area (Å²) >= 11 is 0. The van der Waals surface area contributed by atoms with E-state index in [1.807, 2.05) is 0 Å². The summed E-state index contributed by atoms with van der Waals surface area (Å²) in [5.41, 5.74) is 3.69. The first-order valence-electron chi connectivity index (χ1n) is 4.35. The Labute approximate surface area is 79.1 Å². The van der Waals surface area contributed by atoms with E-state index in [4.69, 9.17) is 10.8 Å². The molecule has 14 heavy (non-hydrogen) atoms. The average molecular weight is 211 g/mol. The van der Waals surface area contributed by atoms with Gasteiger partial charge in [0.05, 0.1) is 5.92 Å². The van der Waals surface area contributed by atoms with Gasteiger partial charge >= 0.3 is 12.1 Å². The number of rotatable bonds is 1. The van der Waals surface area contributed by atoms with E-state index in [0.717, 1.165) is 0 Å². The minimum absolute atomic E-state index is 0.0181. The number of alkyl halides is 3. The number of halogens is 3. The lowest BCUT2D eigenvalue weighted by molar-refractivity contribution is -0.189. The van der Waals surface area contributed by atoms with Crippen molar-refractivity contribution in [3.05, 3.63) is 0 Å². The van der Waals surface area contributed by atoms with Gasteiger partial charge in [0.25, 0.3) is 0 Å². The molecule has 1 rings (SSSR count). The predicted molar refractivity (Wildman–Crippen MR) is 42.6 cm³/mol. The van der Waals surface area contributed by atoms with Gasteiger partial charge < -0.3 is 10.8 Å². The van der Waals surface area contributed by atoms with Crippen molar-refractivity contribution in [3.63, 3.8) is 0 Å². The highest BCUT2D eigenvalue weighted by Crippen LogP contribution is 2.40. The molecule has 0 spiro atoms. The monoisotopic (exact) mass is 211 g/mol. The molecule has 2 atom stereocenters. The molecule has 0 aliphatic heterocycles. The Morgan fingerprint density at radius 2 is 2.07 bits per heavy atom. The fourth-order valence-corrected chi connectivity index (χ4v) is 1.78. The normalized spacial score (nSPS) is 34.1. The molecule has 3 nitrogen and oxygen atoms in total. The quantitative estimate of drug-likeness (QED) is 0.691. The molecule has 0 amide bonds. The highest BCUT2D eigenvalue weighted by atomic mass is 19.4. The van der Waals surface area contributed by atoms with Crippen LogP contribution in [0.2, 0.25) is 0 Å². The Morgan fingerprint density at radius 3 is 2.50 bits per heavy atom. The zero-order valence-electron chi connectivity index (χ0n) is 7.47. The molecule has 0 bridgehead atoms. The van der Waals surface area contributed by atoms with E-state index in [1.165, 1.54) is 0 Å². The zero-order chi connectivity index (χ0) is 11.0. The summed E-state index contributed by atoms with van der Waals surface area (Å²) in [6.07, 6.45) is -4.52. The second-order valence-corrected chi connectivity index (χ2v) is 3.80. The van der Waals surface area contributed by atoms with Gasteiger partial charge in [-0.15, -0.1) is 0 Å². The molecule has 1 fully saturated rings. The molecule has 0 aromatic rings. The zero-order valence-corrected chi connectivity index (χ0v) is 7.47. The van der Waals surface area contributed by atoms with Crippen LogP contribution in [0.3, 0.4) is 0 Å². The van der Waals surface area contributed by atoms with Crippen LogP contribution in [-0.4, -0.2) is 22.8 Å². The second-order valence-electron chi connectivity index (χ2n) is 3.80. The third-order valence-corrected chi connectivity index (χ3v) is 2.67. The van der Waals surface area contributed by atoms with Crippen LogP contribution in [0.1, 0.15) is 25.7 Å². The molecule has 0 heterocycles. The first kappa shape index (κ1) is 11.3. The van der Waals surface area contributed by atoms with Crippen molar-refractivity contribution in [2.45, 2.75) is 37.4 Å². The summed E-state index contributed by atoms with van der Waals surface area (Å²) in [6, 6.07) is 0. The molecule has 1 aliphatic rings. The van der Waals surface area contributed by atoms with Crippen LogP contribution in [0.15, 0.2) is 0 Å². The van der Waals surface area contributed by atoms with Crippen LogP contribution in [0, 0.1) is 5.92 Å². The van der Waals surface area contributed by atoms with Crippen LogP contribution in [0.5, 0.6) is 0 Å². The number of carboxylic acids is 1. The molecule has 3 N–H and O–H groups in total. The van der Waals surface area contributed by atoms with Gasteiger partial charge in [-0.1, -0.05) is 6.42 Å². The molecule has 82 valence electrons. The first-order valence-corrected chi connectivity index (χ1v) is 4.35. The van der Waals surface area contributed by atoms with Gasteiger partial charge in [-0.25, -0.2) is 0 Å². The summed E-state index contributed by atoms with van der Waals surface area (Å²) in [5.74, 6) is -2.91. The van der Waals surface area contributed by atoms with E-state index in [0.29, 0.717) is 0 Å². The van der Waals surface area contributed by atoms with Crippen LogP contribution < -0.4 is 5.73 Å². The van der Waals surface area contributed by atoms with Crippen molar-refractivity contribution in [2.24, 2.45) is 11.7 Å². The minimum Gasteiger partial charge on any atom is -0.480 e. The molecule has 6 heteroatoms. The Bertz CT molecular complexity index is 241. The van der Waals surface area contributed by atoms with E-state index in [2.05, 4.69) is 0 Å². The maximum atomic E-state index is 12.3. The van der Waals surface area contributed by atoms with Gasteiger partial charge in [0, 0.05) is 0 Å². The fourth-order valence-electron chi connectivity index (χ4n) is 1.78. The van der Waals surface area contributed by atoms with Crippen molar-refractivity contribution in [1.82, 2.24) is 0 Å². The molecular weight excluding hydrogens is 199 g/mol. The molecule has 0 aromatic carbocycles. The van der Waals surface area contributed by atoms with Gasteiger partial charge in [-0.2, -0.15) is 13.2 Å². The van der Waals surface area contributed by atoms with E-state index >= 15 is 0 Å². The summed E-state index contributed by atoms with van der Waals surface area (Å²) in [5, 5.41) is 8.69. The molecular formula is C8H12F3NO2.